The van der Waals surface area contributed by atoms with Gasteiger partial charge >= 0.3 is 0 Å². The Morgan fingerprint density at radius 2 is 2.14 bits per heavy atom. The largest absolute Gasteiger partial charge is 0.356 e. The highest BCUT2D eigenvalue weighted by molar-refractivity contribution is 5.85. The molecule has 3 rings (SSSR count). The number of hydrogen-bond acceptors (Lipinski definition) is 0. The van der Waals surface area contributed by atoms with E-state index in [-0.39, 0.29) is 0 Å². The van der Waals surface area contributed by atoms with Gasteiger partial charge in [0.1, 0.15) is 6.17 Å². The van der Waals surface area contributed by atoms with Crippen molar-refractivity contribution in [3.63, 3.8) is 0 Å². The average Bonchev–Trinajstić information content (AvgIpc) is 2.59. The Hall–Kier alpha value is -1.31. The van der Waals surface area contributed by atoms with Crippen LogP contribution >= 0.6 is 0 Å². The molecule has 1 aliphatic rings. The van der Waals surface area contributed by atoms with E-state index in [2.05, 4.69) is 11.1 Å². The van der Waals surface area contributed by atoms with Gasteiger partial charge in [-0.25, -0.2) is 4.39 Å². The number of rotatable bonds is 0. The molecular weight excluding hydrogens is 177 g/mol. The summed E-state index contributed by atoms with van der Waals surface area (Å²) in [7, 11) is 0. The third-order valence-electron chi connectivity index (χ3n) is 2.88. The first-order chi connectivity index (χ1) is 6.86. The van der Waals surface area contributed by atoms with Crippen LogP contribution in [0.25, 0.3) is 10.9 Å². The molecule has 0 aliphatic heterocycles. The van der Waals surface area contributed by atoms with Crippen molar-refractivity contribution in [3.05, 3.63) is 41.9 Å². The Bertz CT molecular complexity index is 472. The lowest BCUT2D eigenvalue weighted by molar-refractivity contribution is 0.322. The van der Waals surface area contributed by atoms with Crippen LogP contribution in [-0.4, -0.2) is 4.98 Å². The van der Waals surface area contributed by atoms with Gasteiger partial charge in [-0.3, -0.25) is 0 Å². The van der Waals surface area contributed by atoms with E-state index in [4.69, 9.17) is 0 Å². The highest BCUT2D eigenvalue weighted by Gasteiger charge is 2.23. The molecule has 0 amide bonds. The van der Waals surface area contributed by atoms with Crippen LogP contribution in [0.15, 0.2) is 24.3 Å². The second-order valence-electron chi connectivity index (χ2n) is 3.76. The zero-order valence-electron chi connectivity index (χ0n) is 7.76. The Kier molecular flexibility index (Phi) is 1.63. The second kappa shape index (κ2) is 2.84. The maximum atomic E-state index is 13.6. The fraction of sp³-hybridized carbons (Fsp3) is 0.250. The fourth-order valence-corrected chi connectivity index (χ4v) is 2.20. The summed E-state index contributed by atoms with van der Waals surface area (Å²) in [6, 6.07) is 8.02. The quantitative estimate of drug-likeness (QED) is 0.652. The van der Waals surface area contributed by atoms with Crippen LogP contribution in [0.1, 0.15) is 23.8 Å². The number of fused-ring (bicyclic) bond motifs is 3. The first-order valence-electron chi connectivity index (χ1n) is 4.91. The lowest BCUT2D eigenvalue weighted by Crippen LogP contribution is -2.04. The summed E-state index contributed by atoms with van der Waals surface area (Å²) in [5.41, 5.74) is 2.98. The van der Waals surface area contributed by atoms with Crippen molar-refractivity contribution in [2.24, 2.45) is 0 Å². The smallest absolute Gasteiger partial charge is 0.140 e. The molecular formula is C12H11FN. The molecule has 1 atom stereocenters. The van der Waals surface area contributed by atoms with E-state index in [9.17, 15) is 4.39 Å². The van der Waals surface area contributed by atoms with Crippen molar-refractivity contribution in [2.45, 2.75) is 19.0 Å². The van der Waals surface area contributed by atoms with Crippen molar-refractivity contribution in [1.29, 1.82) is 0 Å². The van der Waals surface area contributed by atoms with Gasteiger partial charge in [0.2, 0.25) is 0 Å². The van der Waals surface area contributed by atoms with Crippen LogP contribution in [0, 0.1) is 6.42 Å². The van der Waals surface area contributed by atoms with E-state index >= 15 is 0 Å². The molecule has 0 spiro atoms. The maximum absolute atomic E-state index is 13.6. The molecule has 14 heavy (non-hydrogen) atoms. The van der Waals surface area contributed by atoms with Gasteiger partial charge in [-0.05, 0) is 30.9 Å². The van der Waals surface area contributed by atoms with Crippen LogP contribution in [0.4, 0.5) is 4.39 Å². The van der Waals surface area contributed by atoms with E-state index < -0.39 is 6.17 Å². The summed E-state index contributed by atoms with van der Waals surface area (Å²) < 4.78 is 13.6. The number of halogens is 1. The van der Waals surface area contributed by atoms with Crippen molar-refractivity contribution in [1.82, 2.24) is 4.98 Å². The number of hydrogen-bond donors (Lipinski definition) is 1. The molecule has 0 bridgehead atoms. The third-order valence-corrected chi connectivity index (χ3v) is 2.88. The first-order valence-corrected chi connectivity index (χ1v) is 4.91. The van der Waals surface area contributed by atoms with Gasteiger partial charge in [0.05, 0.1) is 5.69 Å². The Balaban J connectivity index is 2.32. The summed E-state index contributed by atoms with van der Waals surface area (Å²) >= 11 is 0. The monoisotopic (exact) mass is 188 g/mol. The molecule has 0 saturated carbocycles. The standard InChI is InChI=1S/C12H11FN/c13-10-6-3-5-9-8-4-1-2-7-11(8)14-12(9)10/h1-4,7,10,14H,5-6H2. The summed E-state index contributed by atoms with van der Waals surface area (Å²) in [6.45, 7) is 0. The number of alkyl halides is 1. The van der Waals surface area contributed by atoms with Gasteiger partial charge in [0, 0.05) is 10.9 Å². The Morgan fingerprint density at radius 3 is 3.07 bits per heavy atom. The van der Waals surface area contributed by atoms with Gasteiger partial charge < -0.3 is 4.98 Å². The van der Waals surface area contributed by atoms with Crippen molar-refractivity contribution in [3.8, 4) is 0 Å². The number of aromatic nitrogens is 1. The molecule has 0 saturated heterocycles. The summed E-state index contributed by atoms with van der Waals surface area (Å²) in [5.74, 6) is 0. The molecule has 1 aromatic heterocycles. The molecule has 71 valence electrons. The highest BCUT2D eigenvalue weighted by Crippen LogP contribution is 2.35. The molecule has 1 nitrogen and oxygen atoms in total. The number of benzene rings is 1. The normalized spacial score (nSPS) is 21.1. The SMILES string of the molecule is FC1C[CH]Cc2c1[nH]c1ccccc21. The van der Waals surface area contributed by atoms with Gasteiger partial charge in [0.15, 0.2) is 0 Å². The highest BCUT2D eigenvalue weighted by atomic mass is 19.1. The summed E-state index contributed by atoms with van der Waals surface area (Å²) in [6.07, 6.45) is 2.61. The number of H-pyrrole nitrogens is 1. The number of nitrogens with one attached hydrogen (secondary N) is 1. The number of para-hydroxylation sites is 1. The lowest BCUT2D eigenvalue weighted by Gasteiger charge is -2.14. The van der Waals surface area contributed by atoms with E-state index in [1.807, 2.05) is 24.6 Å². The van der Waals surface area contributed by atoms with Crippen LogP contribution in [0.5, 0.6) is 0 Å². The molecule has 1 N–H and O–H groups in total. The predicted octanol–water partition coefficient (Wildman–Crippen LogP) is 3.33. The van der Waals surface area contributed by atoms with Crippen molar-refractivity contribution in [2.75, 3.05) is 0 Å². The van der Waals surface area contributed by atoms with Gasteiger partial charge in [-0.15, -0.1) is 0 Å². The van der Waals surface area contributed by atoms with Gasteiger partial charge in [0.25, 0.3) is 0 Å². The number of aromatic amines is 1. The van der Waals surface area contributed by atoms with Crippen LogP contribution in [0.2, 0.25) is 0 Å². The van der Waals surface area contributed by atoms with Crippen molar-refractivity contribution < 1.29 is 4.39 Å². The maximum Gasteiger partial charge on any atom is 0.140 e. The molecule has 2 heteroatoms. The minimum Gasteiger partial charge on any atom is -0.356 e. The van der Waals surface area contributed by atoms with Gasteiger partial charge in [-0.1, -0.05) is 18.2 Å². The molecule has 2 aromatic rings. The lowest BCUT2D eigenvalue weighted by atomic mass is 9.94. The second-order valence-corrected chi connectivity index (χ2v) is 3.76. The predicted molar refractivity (Wildman–Crippen MR) is 54.8 cm³/mol. The van der Waals surface area contributed by atoms with E-state index in [1.165, 1.54) is 5.39 Å². The first kappa shape index (κ1) is 8.04. The van der Waals surface area contributed by atoms with E-state index in [1.54, 1.807) is 0 Å². The minimum absolute atomic E-state index is 0.541. The third kappa shape index (κ3) is 0.999. The molecule has 0 fully saturated rings. The minimum atomic E-state index is -0.842. The van der Waals surface area contributed by atoms with Crippen molar-refractivity contribution >= 4 is 10.9 Å². The topological polar surface area (TPSA) is 15.8 Å². The Labute approximate surface area is 81.9 Å². The molecule has 1 aromatic carbocycles. The van der Waals surface area contributed by atoms with E-state index in [0.717, 1.165) is 23.2 Å². The zero-order valence-corrected chi connectivity index (χ0v) is 7.76. The molecule has 1 radical (unpaired) electrons. The Morgan fingerprint density at radius 1 is 1.29 bits per heavy atom. The van der Waals surface area contributed by atoms with Crippen LogP contribution in [-0.2, 0) is 6.42 Å². The fourth-order valence-electron chi connectivity index (χ4n) is 2.20. The molecule has 1 heterocycles. The summed E-state index contributed by atoms with van der Waals surface area (Å²) in [4.78, 5) is 3.17. The van der Waals surface area contributed by atoms with E-state index in [0.29, 0.717) is 6.42 Å². The molecule has 1 aliphatic carbocycles. The van der Waals surface area contributed by atoms with Crippen LogP contribution < -0.4 is 0 Å². The van der Waals surface area contributed by atoms with Crippen LogP contribution in [0.3, 0.4) is 0 Å². The average molecular weight is 188 g/mol. The summed E-state index contributed by atoms with van der Waals surface area (Å²) in [5, 5.41) is 1.17. The van der Waals surface area contributed by atoms with Gasteiger partial charge in [-0.2, -0.15) is 0 Å². The zero-order chi connectivity index (χ0) is 9.54. The molecule has 1 unspecified atom stereocenters.